The van der Waals surface area contributed by atoms with Gasteiger partial charge in [-0.2, -0.15) is 0 Å². The Balaban J connectivity index is 0. The molecule has 0 fully saturated rings. The van der Waals surface area contributed by atoms with E-state index in [1.807, 2.05) is 40.7 Å². The highest BCUT2D eigenvalue weighted by Crippen LogP contribution is 2.31. The lowest BCUT2D eigenvalue weighted by Crippen LogP contribution is -2.24. The molecule has 0 aliphatic heterocycles. The van der Waals surface area contributed by atoms with Gasteiger partial charge in [-0.25, -0.2) is 0 Å². The number of carbonyl (C=O) groups excluding carboxylic acids is 3. The monoisotopic (exact) mass is 1040 g/mol. The standard InChI is InChI=1S/C39H62O2.C19H28O3.C8H15NO.C2H6/c1-9-15-17-19-28-40-29-20-18-21-30-41-39(32(7)12-4)27-25-34(13-5)36-24-26-38(35(14-6)31-36)37(23-16-10-2)33(8)22-11-3;1-6-8-9-15(7-2)22-16-10-11-17(14(5)20)18(12-16)19(21)13(3)4;1-4-5-6-7(2)8(10)9-3;1-2/h13,22-27,31H,9-12,14-21,28-30H2,1-8H3;10-13,15H,6-9H2,1-5H3;4,7H,1,5-6H2,2-3H3,(H,9,10);1-2H3/b27-25-,33-22-,34-13+,37-23+,39-32-;;;. The van der Waals surface area contributed by atoms with E-state index in [1.165, 1.54) is 78.0 Å². The number of nitrogens with one attached hydrogen (secondary N) is 1. The number of hydrogen-bond donors (Lipinski definition) is 1. The molecule has 2 atom stereocenters. The van der Waals surface area contributed by atoms with Crippen LogP contribution < -0.4 is 10.1 Å². The highest BCUT2D eigenvalue weighted by Gasteiger charge is 2.20. The summed E-state index contributed by atoms with van der Waals surface area (Å²) in [5.74, 6) is 1.67. The minimum atomic E-state index is -0.143. The van der Waals surface area contributed by atoms with E-state index < -0.39 is 0 Å². The Kier molecular flexibility index (Phi) is 44.9. The molecule has 0 saturated carbocycles. The number of unbranched alkanes of at least 4 members (excludes halogenated alkanes) is 7. The fraction of sp³-hybridized carbons (Fsp3) is 0.603. The van der Waals surface area contributed by atoms with E-state index in [0.29, 0.717) is 16.9 Å². The third kappa shape index (κ3) is 31.2. The number of benzene rings is 2. The van der Waals surface area contributed by atoms with Crippen LogP contribution in [-0.4, -0.2) is 50.4 Å². The predicted molar refractivity (Wildman–Crippen MR) is 327 cm³/mol. The van der Waals surface area contributed by atoms with Crippen molar-refractivity contribution in [2.24, 2.45) is 11.8 Å². The van der Waals surface area contributed by atoms with E-state index in [-0.39, 0.29) is 35.4 Å². The fourth-order valence-corrected chi connectivity index (χ4v) is 8.06. The van der Waals surface area contributed by atoms with Crippen molar-refractivity contribution in [2.45, 2.75) is 232 Å². The van der Waals surface area contributed by atoms with E-state index in [4.69, 9.17) is 14.2 Å². The number of ether oxygens (including phenoxy) is 3. The van der Waals surface area contributed by atoms with Crippen molar-refractivity contribution < 1.29 is 28.6 Å². The molecule has 1 amide bonds. The summed E-state index contributed by atoms with van der Waals surface area (Å²) in [6.45, 7) is 39.2. The Hall–Kier alpha value is -4.75. The molecule has 0 aromatic heterocycles. The van der Waals surface area contributed by atoms with Crippen molar-refractivity contribution in [3.8, 4) is 5.75 Å². The summed E-state index contributed by atoms with van der Waals surface area (Å²) in [5, 5.41) is 2.60. The van der Waals surface area contributed by atoms with Gasteiger partial charge in [0.15, 0.2) is 11.6 Å². The maximum absolute atomic E-state index is 12.3. The molecule has 424 valence electrons. The van der Waals surface area contributed by atoms with E-state index in [9.17, 15) is 14.4 Å². The zero-order valence-electron chi connectivity index (χ0n) is 51.2. The minimum absolute atomic E-state index is 0.0164. The summed E-state index contributed by atoms with van der Waals surface area (Å²) in [7, 11) is 1.66. The largest absolute Gasteiger partial charge is 0.494 e. The van der Waals surface area contributed by atoms with Gasteiger partial charge >= 0.3 is 0 Å². The van der Waals surface area contributed by atoms with Crippen LogP contribution in [0.4, 0.5) is 0 Å². The predicted octanol–water partition coefficient (Wildman–Crippen LogP) is 19.7. The zero-order chi connectivity index (χ0) is 57.0. The summed E-state index contributed by atoms with van der Waals surface area (Å²) in [6.07, 6.45) is 33.1. The smallest absolute Gasteiger partial charge is 0.222 e. The van der Waals surface area contributed by atoms with Crippen LogP contribution in [0.5, 0.6) is 5.75 Å². The van der Waals surface area contributed by atoms with Gasteiger partial charge in [0.25, 0.3) is 0 Å². The van der Waals surface area contributed by atoms with Gasteiger partial charge in [-0.15, -0.1) is 6.58 Å². The van der Waals surface area contributed by atoms with Gasteiger partial charge in [-0.05, 0) is 168 Å². The van der Waals surface area contributed by atoms with Crippen molar-refractivity contribution in [1.29, 1.82) is 0 Å². The highest BCUT2D eigenvalue weighted by molar-refractivity contribution is 6.09. The molecule has 7 nitrogen and oxygen atoms in total. The first-order chi connectivity index (χ1) is 36.1. The van der Waals surface area contributed by atoms with Crippen molar-refractivity contribution in [3.05, 3.63) is 124 Å². The number of hydrogen-bond acceptors (Lipinski definition) is 6. The Morgan fingerprint density at radius 2 is 1.35 bits per heavy atom. The molecular formula is C68H111NO6. The number of carbonyl (C=O) groups is 3. The molecule has 75 heavy (non-hydrogen) atoms. The second kappa shape index (κ2) is 46.5. The van der Waals surface area contributed by atoms with Crippen molar-refractivity contribution in [3.63, 3.8) is 0 Å². The van der Waals surface area contributed by atoms with Crippen molar-refractivity contribution in [2.75, 3.05) is 26.9 Å². The average molecular weight is 1040 g/mol. The lowest BCUT2D eigenvalue weighted by Gasteiger charge is -2.19. The van der Waals surface area contributed by atoms with Crippen LogP contribution in [0, 0.1) is 11.8 Å². The van der Waals surface area contributed by atoms with Crippen LogP contribution in [0.3, 0.4) is 0 Å². The van der Waals surface area contributed by atoms with Gasteiger partial charge in [-0.3, -0.25) is 14.4 Å². The number of ketones is 2. The van der Waals surface area contributed by atoms with Gasteiger partial charge < -0.3 is 19.5 Å². The first-order valence-electron chi connectivity index (χ1n) is 29.5. The maximum atomic E-state index is 12.3. The molecule has 7 heteroatoms. The molecular weight excluding hydrogens is 927 g/mol. The lowest BCUT2D eigenvalue weighted by molar-refractivity contribution is -0.124. The second-order valence-corrected chi connectivity index (χ2v) is 19.5. The molecule has 0 bridgehead atoms. The normalized spacial score (nSPS) is 12.8. The van der Waals surface area contributed by atoms with Crippen LogP contribution in [0.25, 0.3) is 11.1 Å². The summed E-state index contributed by atoms with van der Waals surface area (Å²) in [4.78, 5) is 34.9. The first kappa shape index (κ1) is 72.3. The SMILES string of the molecule is C=CCCC(C)C(=O)NC.CC.CCCCC(CC)Oc1ccc(C(C)=O)c(C(=O)C(C)C)c1.C\C=C(/C=C\C(OCCCCCOCCCCCC)=C(/C)CC)c1ccc(C(=C/CCC)/C(C)=C\CC)c(CC)c1. The van der Waals surface area contributed by atoms with E-state index in [2.05, 4.69) is 130 Å². The zero-order valence-corrected chi connectivity index (χ0v) is 51.2. The number of aryl methyl sites for hydroxylation is 1. The van der Waals surface area contributed by atoms with Gasteiger partial charge in [0, 0.05) is 43.2 Å². The first-order valence-corrected chi connectivity index (χ1v) is 29.5. The van der Waals surface area contributed by atoms with Crippen LogP contribution in [0.15, 0.2) is 96.3 Å². The van der Waals surface area contributed by atoms with Crippen molar-refractivity contribution >= 4 is 28.6 Å². The molecule has 0 heterocycles. The average Bonchev–Trinajstić information content (AvgIpc) is 3.42. The van der Waals surface area contributed by atoms with Crippen LogP contribution in [0.1, 0.15) is 257 Å². The molecule has 0 saturated heterocycles. The van der Waals surface area contributed by atoms with Gasteiger partial charge in [-0.1, -0.05) is 170 Å². The third-order valence-corrected chi connectivity index (χ3v) is 13.0. The summed E-state index contributed by atoms with van der Waals surface area (Å²) in [5.41, 5.74) is 10.3. The third-order valence-electron chi connectivity index (χ3n) is 13.0. The molecule has 2 aromatic rings. The number of rotatable bonds is 35. The Bertz CT molecular complexity index is 2030. The summed E-state index contributed by atoms with van der Waals surface area (Å²) >= 11 is 0. The molecule has 2 aromatic carbocycles. The second-order valence-electron chi connectivity index (χ2n) is 19.5. The fourth-order valence-electron chi connectivity index (χ4n) is 8.06. The van der Waals surface area contributed by atoms with E-state index >= 15 is 0 Å². The highest BCUT2D eigenvalue weighted by atomic mass is 16.5. The van der Waals surface area contributed by atoms with E-state index in [1.54, 1.807) is 25.2 Å². The quantitative estimate of drug-likeness (QED) is 0.0243. The molecule has 0 spiro atoms. The van der Waals surface area contributed by atoms with E-state index in [0.717, 1.165) is 109 Å². The Labute approximate surface area is 461 Å². The number of allylic oxidation sites excluding steroid dienone is 10. The molecule has 2 unspecified atom stereocenters. The van der Waals surface area contributed by atoms with Crippen LogP contribution in [-0.2, 0) is 20.7 Å². The van der Waals surface area contributed by atoms with Gasteiger partial charge in [0.05, 0.1) is 12.7 Å². The van der Waals surface area contributed by atoms with Crippen molar-refractivity contribution in [1.82, 2.24) is 5.32 Å². The number of amides is 1. The summed E-state index contributed by atoms with van der Waals surface area (Å²) in [6, 6.07) is 12.2. The molecule has 0 radical (unpaired) electrons. The Morgan fingerprint density at radius 3 is 1.88 bits per heavy atom. The topological polar surface area (TPSA) is 90.9 Å². The Morgan fingerprint density at radius 1 is 0.707 bits per heavy atom. The molecule has 2 rings (SSSR count). The molecule has 0 aliphatic carbocycles. The van der Waals surface area contributed by atoms with Crippen LogP contribution in [0.2, 0.25) is 0 Å². The summed E-state index contributed by atoms with van der Waals surface area (Å²) < 4.78 is 18.1. The minimum Gasteiger partial charge on any atom is -0.494 e. The lowest BCUT2D eigenvalue weighted by atomic mass is 9.89. The van der Waals surface area contributed by atoms with Crippen LogP contribution >= 0.6 is 0 Å². The van der Waals surface area contributed by atoms with Gasteiger partial charge in [0.2, 0.25) is 5.91 Å². The molecule has 0 aliphatic rings. The maximum Gasteiger partial charge on any atom is 0.222 e. The number of Topliss-reactive ketones (excluding diaryl/α,β-unsaturated/α-hetero) is 2. The van der Waals surface area contributed by atoms with Gasteiger partial charge in [0.1, 0.15) is 11.5 Å². The molecule has 1 N–H and O–H groups in total.